The van der Waals surface area contributed by atoms with E-state index in [4.69, 9.17) is 11.6 Å². The number of aromatic carboxylic acids is 1. The minimum atomic E-state index is -0.988. The molecule has 1 aromatic heterocycles. The molecule has 6 nitrogen and oxygen atoms in total. The lowest BCUT2D eigenvalue weighted by Crippen LogP contribution is -2.40. The molecule has 2 fully saturated rings. The number of carboxylic acids is 1. The summed E-state index contributed by atoms with van der Waals surface area (Å²) >= 11 is 6.27. The first-order valence-electron chi connectivity index (χ1n) is 10.3. The second-order valence-corrected chi connectivity index (χ2v) is 8.99. The summed E-state index contributed by atoms with van der Waals surface area (Å²) in [5.74, 6) is 0.347. The van der Waals surface area contributed by atoms with Crippen LogP contribution in [0.4, 0.5) is 0 Å². The van der Waals surface area contributed by atoms with E-state index < -0.39 is 5.97 Å². The van der Waals surface area contributed by atoms with Crippen molar-refractivity contribution in [2.45, 2.75) is 51.0 Å². The monoisotopic (exact) mass is 413 g/mol. The number of carbonyl (C=O) groups is 2. The zero-order valence-electron chi connectivity index (χ0n) is 16.4. The van der Waals surface area contributed by atoms with E-state index in [1.165, 1.54) is 5.56 Å². The summed E-state index contributed by atoms with van der Waals surface area (Å²) in [4.78, 5) is 26.4. The van der Waals surface area contributed by atoms with E-state index >= 15 is 0 Å². The van der Waals surface area contributed by atoms with Crippen LogP contribution in [0.2, 0.25) is 5.02 Å². The Labute approximate surface area is 174 Å². The van der Waals surface area contributed by atoms with Crippen molar-refractivity contribution in [3.63, 3.8) is 0 Å². The number of carbonyl (C=O) groups excluding carboxylic acids is 1. The van der Waals surface area contributed by atoms with Crippen molar-refractivity contribution >= 4 is 23.5 Å². The van der Waals surface area contributed by atoms with Crippen LogP contribution in [-0.2, 0) is 17.8 Å². The average Bonchev–Trinajstić information content (AvgIpc) is 3.23. The van der Waals surface area contributed by atoms with Gasteiger partial charge in [-0.3, -0.25) is 9.48 Å². The van der Waals surface area contributed by atoms with E-state index in [1.54, 1.807) is 4.68 Å². The van der Waals surface area contributed by atoms with Gasteiger partial charge in [0.2, 0.25) is 5.91 Å². The number of amides is 1. The molecule has 1 aliphatic heterocycles. The summed E-state index contributed by atoms with van der Waals surface area (Å²) in [6.07, 6.45) is 3.73. The average molecular weight is 414 g/mol. The Morgan fingerprint density at radius 1 is 1.28 bits per heavy atom. The summed E-state index contributed by atoms with van der Waals surface area (Å²) in [5, 5.41) is 14.6. The number of aromatic nitrogens is 2. The first-order chi connectivity index (χ1) is 13.9. The number of carboxylic acid groups (broad SMARTS) is 1. The summed E-state index contributed by atoms with van der Waals surface area (Å²) < 4.78 is 1.65. The molecule has 29 heavy (non-hydrogen) atoms. The quantitative estimate of drug-likeness (QED) is 0.830. The molecule has 7 heteroatoms. The van der Waals surface area contributed by atoms with Gasteiger partial charge in [0.1, 0.15) is 6.54 Å². The topological polar surface area (TPSA) is 75.4 Å². The standard InChI is InChI=1S/C22H24ClN3O3/c1-12-15(3-2-4-17(12)23)13-5-7-25(8-6-13)19(27)11-26-18-10-14-9-16(14)20(18)21(24-26)22(28)29/h2-4,13-14,16H,5-11H2,1H3,(H,28,29)/t14-,16-/m1/s1. The largest absolute Gasteiger partial charge is 0.476 e. The van der Waals surface area contributed by atoms with Gasteiger partial charge in [0.15, 0.2) is 5.69 Å². The van der Waals surface area contributed by atoms with E-state index in [1.807, 2.05) is 17.0 Å². The molecule has 1 amide bonds. The number of nitrogens with zero attached hydrogens (tertiary/aromatic N) is 3. The normalized spacial score (nSPS) is 23.0. The summed E-state index contributed by atoms with van der Waals surface area (Å²) in [5.41, 5.74) is 4.39. The van der Waals surface area contributed by atoms with Crippen LogP contribution >= 0.6 is 11.6 Å². The number of halogens is 1. The van der Waals surface area contributed by atoms with E-state index in [0.717, 1.165) is 47.5 Å². The Morgan fingerprint density at radius 2 is 2.03 bits per heavy atom. The lowest BCUT2D eigenvalue weighted by Gasteiger charge is -2.33. The van der Waals surface area contributed by atoms with Crippen LogP contribution in [0.5, 0.6) is 0 Å². The molecular weight excluding hydrogens is 390 g/mol. The maximum Gasteiger partial charge on any atom is 0.356 e. The predicted molar refractivity (Wildman–Crippen MR) is 108 cm³/mol. The van der Waals surface area contributed by atoms with E-state index in [-0.39, 0.29) is 18.1 Å². The number of hydrogen-bond donors (Lipinski definition) is 1. The summed E-state index contributed by atoms with van der Waals surface area (Å²) in [6.45, 7) is 3.60. The highest BCUT2D eigenvalue weighted by Gasteiger charge is 2.50. The number of likely N-dealkylation sites (tertiary alicyclic amines) is 1. The Hall–Kier alpha value is -2.34. The lowest BCUT2D eigenvalue weighted by atomic mass is 9.87. The van der Waals surface area contributed by atoms with E-state index in [0.29, 0.717) is 30.8 Å². The van der Waals surface area contributed by atoms with Crippen LogP contribution < -0.4 is 0 Å². The Morgan fingerprint density at radius 3 is 2.76 bits per heavy atom. The smallest absolute Gasteiger partial charge is 0.356 e. The Bertz CT molecular complexity index is 1010. The molecule has 1 saturated carbocycles. The maximum absolute atomic E-state index is 12.9. The molecule has 152 valence electrons. The fourth-order valence-corrected chi connectivity index (χ4v) is 5.40. The van der Waals surface area contributed by atoms with Crippen molar-refractivity contribution in [3.8, 4) is 0 Å². The van der Waals surface area contributed by atoms with Gasteiger partial charge < -0.3 is 10.0 Å². The van der Waals surface area contributed by atoms with Gasteiger partial charge in [-0.05, 0) is 67.6 Å². The molecule has 0 unspecified atom stereocenters. The van der Waals surface area contributed by atoms with Gasteiger partial charge in [0.25, 0.3) is 0 Å². The first kappa shape index (κ1) is 18.7. The van der Waals surface area contributed by atoms with Crippen molar-refractivity contribution < 1.29 is 14.7 Å². The lowest BCUT2D eigenvalue weighted by molar-refractivity contribution is -0.133. The number of piperidine rings is 1. The van der Waals surface area contributed by atoms with Crippen molar-refractivity contribution in [1.29, 1.82) is 0 Å². The zero-order valence-corrected chi connectivity index (χ0v) is 17.2. The van der Waals surface area contributed by atoms with Crippen LogP contribution in [0.1, 0.15) is 64.0 Å². The molecule has 3 aliphatic rings. The molecule has 1 aromatic carbocycles. The minimum absolute atomic E-state index is 0.0223. The fraction of sp³-hybridized carbons (Fsp3) is 0.500. The second kappa shape index (κ2) is 6.87. The molecule has 2 atom stereocenters. The second-order valence-electron chi connectivity index (χ2n) is 8.59. The van der Waals surface area contributed by atoms with Gasteiger partial charge in [-0.2, -0.15) is 5.10 Å². The van der Waals surface area contributed by atoms with Crippen LogP contribution in [0.25, 0.3) is 0 Å². The minimum Gasteiger partial charge on any atom is -0.476 e. The van der Waals surface area contributed by atoms with Crippen LogP contribution in [0, 0.1) is 12.8 Å². The van der Waals surface area contributed by atoms with Crippen molar-refractivity contribution in [3.05, 3.63) is 51.3 Å². The molecule has 1 saturated heterocycles. The predicted octanol–water partition coefficient (Wildman–Crippen LogP) is 3.61. The van der Waals surface area contributed by atoms with Gasteiger partial charge >= 0.3 is 5.97 Å². The maximum atomic E-state index is 12.9. The SMILES string of the molecule is Cc1c(Cl)cccc1C1CCN(C(=O)Cn2nc(C(=O)O)c3c2C[C@H]2C[C@@H]32)CC1. The van der Waals surface area contributed by atoms with Gasteiger partial charge in [-0.25, -0.2) is 4.79 Å². The third-order valence-electron chi connectivity index (χ3n) is 6.93. The molecule has 5 rings (SSSR count). The van der Waals surface area contributed by atoms with Crippen molar-refractivity contribution in [2.75, 3.05) is 13.1 Å². The van der Waals surface area contributed by atoms with Gasteiger partial charge in [-0.15, -0.1) is 0 Å². The van der Waals surface area contributed by atoms with Crippen molar-refractivity contribution in [2.24, 2.45) is 5.92 Å². The number of benzene rings is 1. The molecule has 0 bridgehead atoms. The molecular formula is C22H24ClN3O3. The molecule has 2 heterocycles. The Balaban J connectivity index is 1.27. The number of hydrogen-bond acceptors (Lipinski definition) is 3. The molecule has 1 N–H and O–H groups in total. The van der Waals surface area contributed by atoms with Crippen LogP contribution in [0.3, 0.4) is 0 Å². The van der Waals surface area contributed by atoms with Crippen LogP contribution in [-0.4, -0.2) is 44.8 Å². The molecule has 2 aromatic rings. The van der Waals surface area contributed by atoms with E-state index in [2.05, 4.69) is 18.1 Å². The highest BCUT2D eigenvalue weighted by atomic mass is 35.5. The zero-order chi connectivity index (χ0) is 20.3. The van der Waals surface area contributed by atoms with Crippen LogP contribution in [0.15, 0.2) is 18.2 Å². The highest BCUT2D eigenvalue weighted by Crippen LogP contribution is 2.57. The van der Waals surface area contributed by atoms with E-state index in [9.17, 15) is 14.7 Å². The van der Waals surface area contributed by atoms with Gasteiger partial charge in [0, 0.05) is 29.4 Å². The summed E-state index contributed by atoms with van der Waals surface area (Å²) in [6, 6.07) is 6.04. The van der Waals surface area contributed by atoms with Crippen molar-refractivity contribution in [1.82, 2.24) is 14.7 Å². The summed E-state index contributed by atoms with van der Waals surface area (Å²) in [7, 11) is 0. The highest BCUT2D eigenvalue weighted by molar-refractivity contribution is 6.31. The first-order valence-corrected chi connectivity index (χ1v) is 10.7. The number of rotatable bonds is 4. The fourth-order valence-electron chi connectivity index (χ4n) is 5.21. The molecule has 0 spiro atoms. The third kappa shape index (κ3) is 3.14. The van der Waals surface area contributed by atoms with Gasteiger partial charge in [-0.1, -0.05) is 23.7 Å². The van der Waals surface area contributed by atoms with Gasteiger partial charge in [0.05, 0.1) is 0 Å². The molecule has 2 aliphatic carbocycles. The third-order valence-corrected chi connectivity index (χ3v) is 7.34. The molecule has 0 radical (unpaired) electrons. The number of fused-ring (bicyclic) bond motifs is 3. The Kier molecular flexibility index (Phi) is 4.42.